The van der Waals surface area contributed by atoms with Gasteiger partial charge in [-0.1, -0.05) is 34.6 Å². The van der Waals surface area contributed by atoms with E-state index in [9.17, 15) is 4.79 Å². The summed E-state index contributed by atoms with van der Waals surface area (Å²) >= 11 is 0. The minimum atomic E-state index is -0.525. The normalized spacial score (nSPS) is 9.24. The van der Waals surface area contributed by atoms with E-state index in [1.807, 2.05) is 54.8 Å². The van der Waals surface area contributed by atoms with Crippen LogP contribution in [0.25, 0.3) is 22.7 Å². The van der Waals surface area contributed by atoms with Gasteiger partial charge in [-0.3, -0.25) is 9.97 Å². The number of aromatic nitrogens is 5. The first-order chi connectivity index (χ1) is 14.0. The quantitative estimate of drug-likeness (QED) is 0.684. The first kappa shape index (κ1) is 25.9. The van der Waals surface area contributed by atoms with Crippen LogP contribution in [-0.4, -0.2) is 38.8 Å². The Morgan fingerprint density at radius 3 is 2.14 bits per heavy atom. The van der Waals surface area contributed by atoms with Gasteiger partial charge in [0.05, 0.1) is 23.7 Å². The van der Waals surface area contributed by atoms with Crippen LogP contribution >= 0.6 is 0 Å². The van der Waals surface area contributed by atoms with Gasteiger partial charge in [0.1, 0.15) is 5.82 Å². The molecule has 29 heavy (non-hydrogen) atoms. The Bertz CT molecular complexity index is 887. The number of nitrogens with two attached hydrogens (primary N) is 1. The predicted molar refractivity (Wildman–Crippen MR) is 117 cm³/mol. The third-order valence-corrected chi connectivity index (χ3v) is 3.19. The highest BCUT2D eigenvalue weighted by Gasteiger charge is 2.13. The molecule has 0 aliphatic rings. The molecule has 0 atom stereocenters. The van der Waals surface area contributed by atoms with E-state index in [4.69, 9.17) is 10.2 Å². The fraction of sp³-hybridized carbons (Fsp3) is 0.450. The van der Waals surface area contributed by atoms with Gasteiger partial charge in [-0.25, -0.2) is 9.78 Å². The molecule has 0 bridgehead atoms. The Hall–Kier alpha value is -3.07. The standard InChI is InChI=1S/C14H14N6O2.C2H7N.2C2H6/c1-3-10-9(11-6-18-12(15)7-17-11)4-8(5-16-10)13-19-20(2)14(21)22-13;1-3-2;2*1-2/h4-7H,3H2,1-2H3,(H2,15,18);3H,1-2H3;2*1-2H3. The van der Waals surface area contributed by atoms with Crippen LogP contribution in [0.5, 0.6) is 0 Å². The van der Waals surface area contributed by atoms with Crippen LogP contribution in [0.15, 0.2) is 33.9 Å². The second kappa shape index (κ2) is 14.0. The van der Waals surface area contributed by atoms with Crippen molar-refractivity contribution in [2.75, 3.05) is 19.8 Å². The number of aryl methyl sites for hydroxylation is 2. The molecular weight excluding hydrogens is 370 g/mol. The molecule has 0 aliphatic heterocycles. The molecular formula is C20H33N7O2. The van der Waals surface area contributed by atoms with Crippen LogP contribution in [-0.2, 0) is 13.5 Å². The smallest absolute Gasteiger partial charge is 0.388 e. The summed E-state index contributed by atoms with van der Waals surface area (Å²) in [4.78, 5) is 24.1. The molecule has 0 saturated heterocycles. The van der Waals surface area contributed by atoms with Gasteiger partial charge >= 0.3 is 5.76 Å². The average Bonchev–Trinajstić information content (AvgIpc) is 3.10. The molecule has 3 N–H and O–H groups in total. The summed E-state index contributed by atoms with van der Waals surface area (Å²) in [6, 6.07) is 1.83. The molecule has 3 heterocycles. The lowest BCUT2D eigenvalue weighted by Crippen LogP contribution is -2.09. The molecule has 160 valence electrons. The SMILES string of the molecule is CC.CC.CCc1ncc(-c2nn(C)c(=O)o2)cc1-c1cnc(N)cn1.CNC. The molecule has 0 unspecified atom stereocenters. The molecule has 0 aliphatic carbocycles. The highest BCUT2D eigenvalue weighted by atomic mass is 16.4. The second-order valence-corrected chi connectivity index (χ2v) is 5.20. The molecule has 0 spiro atoms. The van der Waals surface area contributed by atoms with Gasteiger partial charge in [-0.15, -0.1) is 5.10 Å². The van der Waals surface area contributed by atoms with Crippen LogP contribution < -0.4 is 16.8 Å². The van der Waals surface area contributed by atoms with E-state index in [1.54, 1.807) is 12.4 Å². The maximum absolute atomic E-state index is 11.4. The fourth-order valence-corrected chi connectivity index (χ4v) is 2.05. The number of nitrogens with zero attached hydrogens (tertiary/aromatic N) is 5. The number of hydrogen-bond acceptors (Lipinski definition) is 8. The molecule has 0 fully saturated rings. The van der Waals surface area contributed by atoms with Gasteiger partial charge < -0.3 is 15.5 Å². The topological polar surface area (TPSA) is 125 Å². The molecule has 0 aromatic carbocycles. The van der Waals surface area contributed by atoms with Crippen molar-refractivity contribution >= 4 is 5.82 Å². The molecule has 0 amide bonds. The monoisotopic (exact) mass is 403 g/mol. The van der Waals surface area contributed by atoms with E-state index >= 15 is 0 Å². The van der Waals surface area contributed by atoms with Crippen LogP contribution in [0.3, 0.4) is 0 Å². The number of nitrogens with one attached hydrogen (secondary N) is 1. The van der Waals surface area contributed by atoms with Gasteiger partial charge in [0, 0.05) is 24.5 Å². The van der Waals surface area contributed by atoms with Crippen LogP contribution in [0.1, 0.15) is 40.3 Å². The van der Waals surface area contributed by atoms with Crippen molar-refractivity contribution in [2.45, 2.75) is 41.0 Å². The zero-order chi connectivity index (χ0) is 22.4. The largest absolute Gasteiger partial charge is 0.437 e. The Morgan fingerprint density at radius 1 is 1.07 bits per heavy atom. The molecule has 9 heteroatoms. The lowest BCUT2D eigenvalue weighted by Gasteiger charge is -2.07. The zero-order valence-electron chi connectivity index (χ0n) is 18.6. The molecule has 9 nitrogen and oxygen atoms in total. The average molecular weight is 404 g/mol. The summed E-state index contributed by atoms with van der Waals surface area (Å²) in [5.41, 5.74) is 8.48. The predicted octanol–water partition coefficient (Wildman–Crippen LogP) is 2.92. The van der Waals surface area contributed by atoms with E-state index in [1.165, 1.54) is 13.2 Å². The van der Waals surface area contributed by atoms with Crippen molar-refractivity contribution < 1.29 is 4.42 Å². The van der Waals surface area contributed by atoms with Crippen LogP contribution in [0.4, 0.5) is 5.82 Å². The third kappa shape index (κ3) is 7.46. The van der Waals surface area contributed by atoms with Gasteiger partial charge in [-0.05, 0) is 26.6 Å². The summed E-state index contributed by atoms with van der Waals surface area (Å²) < 4.78 is 6.21. The number of rotatable bonds is 3. The highest BCUT2D eigenvalue weighted by Crippen LogP contribution is 2.25. The van der Waals surface area contributed by atoms with Crippen LogP contribution in [0, 0.1) is 0 Å². The molecule has 3 aromatic heterocycles. The summed E-state index contributed by atoms with van der Waals surface area (Å²) in [6.45, 7) is 10.00. The molecule has 0 radical (unpaired) electrons. The summed E-state index contributed by atoms with van der Waals surface area (Å²) in [5, 5.41) is 6.78. The van der Waals surface area contributed by atoms with E-state index in [-0.39, 0.29) is 5.89 Å². The number of anilines is 1. The lowest BCUT2D eigenvalue weighted by atomic mass is 10.1. The highest BCUT2D eigenvalue weighted by molar-refractivity contribution is 5.68. The van der Waals surface area contributed by atoms with E-state index in [0.717, 1.165) is 22.4 Å². The van der Waals surface area contributed by atoms with Crippen molar-refractivity contribution in [3.63, 3.8) is 0 Å². The summed E-state index contributed by atoms with van der Waals surface area (Å²) in [7, 11) is 5.27. The van der Waals surface area contributed by atoms with Crippen molar-refractivity contribution in [3.05, 3.63) is 40.9 Å². The van der Waals surface area contributed by atoms with E-state index < -0.39 is 5.76 Å². The number of pyridine rings is 1. The van der Waals surface area contributed by atoms with Crippen molar-refractivity contribution in [1.29, 1.82) is 0 Å². The van der Waals surface area contributed by atoms with Gasteiger partial charge in [0.2, 0.25) is 0 Å². The van der Waals surface area contributed by atoms with E-state index in [0.29, 0.717) is 17.1 Å². The Kier molecular flexibility index (Phi) is 12.5. The third-order valence-electron chi connectivity index (χ3n) is 3.19. The first-order valence-corrected chi connectivity index (χ1v) is 9.69. The fourth-order valence-electron chi connectivity index (χ4n) is 2.05. The summed E-state index contributed by atoms with van der Waals surface area (Å²) in [5.74, 6) is 0.0392. The maximum Gasteiger partial charge on any atom is 0.437 e. The van der Waals surface area contributed by atoms with Gasteiger partial charge in [0.15, 0.2) is 0 Å². The Labute approximate surface area is 172 Å². The zero-order valence-corrected chi connectivity index (χ0v) is 18.6. The molecule has 0 saturated carbocycles. The van der Waals surface area contributed by atoms with Crippen LogP contribution in [0.2, 0.25) is 0 Å². The first-order valence-electron chi connectivity index (χ1n) is 9.69. The Balaban J connectivity index is 0.00000100. The second-order valence-electron chi connectivity index (χ2n) is 5.20. The van der Waals surface area contributed by atoms with Gasteiger partial charge in [0.25, 0.3) is 5.89 Å². The van der Waals surface area contributed by atoms with Crippen molar-refractivity contribution in [2.24, 2.45) is 7.05 Å². The van der Waals surface area contributed by atoms with Crippen molar-refractivity contribution in [1.82, 2.24) is 30.0 Å². The number of nitrogen functional groups attached to an aromatic ring is 1. The lowest BCUT2D eigenvalue weighted by molar-refractivity contribution is 0.505. The van der Waals surface area contributed by atoms with Crippen molar-refractivity contribution in [3.8, 4) is 22.7 Å². The summed E-state index contributed by atoms with van der Waals surface area (Å²) in [6.07, 6.45) is 5.43. The Morgan fingerprint density at radius 2 is 1.69 bits per heavy atom. The van der Waals surface area contributed by atoms with Gasteiger partial charge in [-0.2, -0.15) is 4.68 Å². The minimum Gasteiger partial charge on any atom is -0.388 e. The number of hydrogen-bond donors (Lipinski definition) is 2. The minimum absolute atomic E-state index is 0.215. The molecule has 3 rings (SSSR count). The molecule has 3 aromatic rings. The maximum atomic E-state index is 11.4. The van der Waals surface area contributed by atoms with E-state index in [2.05, 4.69) is 25.4 Å².